The summed E-state index contributed by atoms with van der Waals surface area (Å²) in [5.74, 6) is 5.49. The molecular formula is C19H21N7O. The highest BCUT2D eigenvalue weighted by atomic mass is 16.1. The molecule has 0 aromatic carbocycles. The molecule has 6 N–H and O–H groups in total. The fourth-order valence-corrected chi connectivity index (χ4v) is 1.75. The molecule has 27 heavy (non-hydrogen) atoms. The van der Waals surface area contributed by atoms with Crippen molar-refractivity contribution in [2.24, 2.45) is 21.9 Å². The topological polar surface area (TPSA) is 146 Å². The third-order valence-electron chi connectivity index (χ3n) is 3.39. The Hall–Kier alpha value is -3.73. The maximum Gasteiger partial charge on any atom is 0.280 e. The number of aliphatic imine (C=N–C) groups is 1. The molecule has 0 radical (unpaired) electrons. The number of pyridine rings is 1. The van der Waals surface area contributed by atoms with E-state index in [1.807, 2.05) is 20.8 Å². The third kappa shape index (κ3) is 5.93. The first-order chi connectivity index (χ1) is 12.6. The van der Waals surface area contributed by atoms with Crippen LogP contribution >= 0.6 is 0 Å². The van der Waals surface area contributed by atoms with E-state index in [1.165, 1.54) is 30.9 Å². The molecule has 0 aliphatic rings. The normalized spacial score (nSPS) is 12.3. The first-order valence-corrected chi connectivity index (χ1v) is 8.06. The Kier molecular flexibility index (Phi) is 5.88. The number of hydrogen-bond donors (Lipinski definition) is 3. The van der Waals surface area contributed by atoms with E-state index >= 15 is 0 Å². The number of rotatable bonds is 2. The third-order valence-corrected chi connectivity index (χ3v) is 3.39. The van der Waals surface area contributed by atoms with Gasteiger partial charge in [0.05, 0.1) is 18.0 Å². The van der Waals surface area contributed by atoms with Crippen LogP contribution in [0.15, 0.2) is 47.6 Å². The smallest absolute Gasteiger partial charge is 0.280 e. The molecule has 2 heterocycles. The van der Waals surface area contributed by atoms with Gasteiger partial charge >= 0.3 is 0 Å². The number of nitrogens with two attached hydrogens (primary N) is 3. The van der Waals surface area contributed by atoms with Crippen LogP contribution < -0.4 is 17.2 Å². The van der Waals surface area contributed by atoms with Crippen molar-refractivity contribution in [2.75, 3.05) is 5.73 Å². The molecule has 0 aliphatic carbocycles. The van der Waals surface area contributed by atoms with Gasteiger partial charge in [0.1, 0.15) is 17.3 Å². The van der Waals surface area contributed by atoms with Crippen molar-refractivity contribution in [2.45, 2.75) is 20.8 Å². The fourth-order valence-electron chi connectivity index (χ4n) is 1.75. The van der Waals surface area contributed by atoms with Crippen molar-refractivity contribution in [3.8, 4) is 11.8 Å². The summed E-state index contributed by atoms with van der Waals surface area (Å²) in [4.78, 5) is 28.1. The number of nitrogen functional groups attached to an aromatic ring is 1. The van der Waals surface area contributed by atoms with E-state index in [1.54, 1.807) is 6.07 Å². The zero-order valence-electron chi connectivity index (χ0n) is 15.4. The Morgan fingerprint density at radius 2 is 1.85 bits per heavy atom. The van der Waals surface area contributed by atoms with E-state index < -0.39 is 5.91 Å². The number of anilines is 1. The van der Waals surface area contributed by atoms with Crippen LogP contribution in [-0.4, -0.2) is 26.7 Å². The summed E-state index contributed by atoms with van der Waals surface area (Å²) in [6, 6.07) is 1.57. The Bertz CT molecular complexity index is 958. The van der Waals surface area contributed by atoms with Crippen molar-refractivity contribution in [1.82, 2.24) is 15.0 Å². The summed E-state index contributed by atoms with van der Waals surface area (Å²) in [7, 11) is 0. The van der Waals surface area contributed by atoms with Crippen LogP contribution in [0.3, 0.4) is 0 Å². The minimum Gasteiger partial charge on any atom is -0.401 e. The van der Waals surface area contributed by atoms with Gasteiger partial charge in [-0.2, -0.15) is 4.99 Å². The first kappa shape index (κ1) is 19.6. The highest BCUT2D eigenvalue weighted by Gasteiger charge is 2.14. The lowest BCUT2D eigenvalue weighted by atomic mass is 9.92. The van der Waals surface area contributed by atoms with Crippen molar-refractivity contribution in [3.05, 3.63) is 59.4 Å². The second-order valence-corrected chi connectivity index (χ2v) is 6.73. The number of allylic oxidation sites excluding steroid dienone is 1. The Morgan fingerprint density at radius 1 is 1.11 bits per heavy atom. The zero-order valence-corrected chi connectivity index (χ0v) is 15.4. The number of amidine groups is 1. The molecule has 138 valence electrons. The molecule has 2 rings (SSSR count). The van der Waals surface area contributed by atoms with Gasteiger partial charge in [-0.15, -0.1) is 0 Å². The number of nitrogens with zero attached hydrogens (tertiary/aromatic N) is 4. The molecule has 0 aliphatic heterocycles. The largest absolute Gasteiger partial charge is 0.401 e. The maximum atomic E-state index is 12.3. The molecule has 0 spiro atoms. The van der Waals surface area contributed by atoms with Crippen LogP contribution in [-0.2, 0) is 0 Å². The van der Waals surface area contributed by atoms with E-state index in [9.17, 15) is 4.79 Å². The van der Waals surface area contributed by atoms with E-state index in [4.69, 9.17) is 17.2 Å². The molecule has 2 aromatic rings. The average Bonchev–Trinajstić information content (AvgIpc) is 2.60. The molecule has 0 saturated heterocycles. The summed E-state index contributed by atoms with van der Waals surface area (Å²) in [5, 5.41) is 0. The Labute approximate surface area is 157 Å². The molecule has 1 amide bonds. The fraction of sp³-hybridized carbons (Fsp3) is 0.211. The summed E-state index contributed by atoms with van der Waals surface area (Å²) >= 11 is 0. The number of carbonyl (C=O) groups excluding carboxylic acids is 1. The van der Waals surface area contributed by atoms with Gasteiger partial charge < -0.3 is 17.2 Å². The van der Waals surface area contributed by atoms with Crippen molar-refractivity contribution in [3.63, 3.8) is 0 Å². The number of aromatic nitrogens is 3. The van der Waals surface area contributed by atoms with Gasteiger partial charge in [-0.1, -0.05) is 26.7 Å². The SMILES string of the molecule is CC(C)(C)/C(N)=C/C(N)=NC(=O)c1cncc(C#Cc2cnc(N)cn2)c1. The summed E-state index contributed by atoms with van der Waals surface area (Å²) in [6.07, 6.45) is 7.27. The highest BCUT2D eigenvalue weighted by Crippen LogP contribution is 2.20. The van der Waals surface area contributed by atoms with Gasteiger partial charge in [0.25, 0.3) is 5.91 Å². The van der Waals surface area contributed by atoms with Crippen LogP contribution in [0.5, 0.6) is 0 Å². The molecule has 8 heteroatoms. The molecule has 2 aromatic heterocycles. The van der Waals surface area contributed by atoms with Crippen LogP contribution in [0, 0.1) is 17.3 Å². The van der Waals surface area contributed by atoms with Crippen LogP contribution in [0.1, 0.15) is 42.4 Å². The van der Waals surface area contributed by atoms with E-state index in [0.29, 0.717) is 22.8 Å². The standard InChI is InChI=1S/C19H21N7O/c1-19(2,3)15(20)7-16(21)26-18(27)13-6-12(8-23-9-13)4-5-14-10-25-17(22)11-24-14/h6-11H,20H2,1-3H3,(H2,22,25)(H2,21,26,27)/b15-7-. The first-order valence-electron chi connectivity index (χ1n) is 8.06. The predicted molar refractivity (Wildman–Crippen MR) is 104 cm³/mol. The quantitative estimate of drug-likeness (QED) is 0.413. The lowest BCUT2D eigenvalue weighted by Gasteiger charge is -2.18. The number of amides is 1. The molecule has 0 saturated carbocycles. The summed E-state index contributed by atoms with van der Waals surface area (Å²) in [6.45, 7) is 5.81. The van der Waals surface area contributed by atoms with Crippen LogP contribution in [0.4, 0.5) is 5.82 Å². The van der Waals surface area contributed by atoms with Crippen LogP contribution in [0.25, 0.3) is 0 Å². The predicted octanol–water partition coefficient (Wildman–Crippen LogP) is 1.24. The molecule has 0 bridgehead atoms. The molecule has 8 nitrogen and oxygen atoms in total. The minimum atomic E-state index is -0.533. The molecule has 0 unspecified atom stereocenters. The number of carbonyl (C=O) groups is 1. The van der Waals surface area contributed by atoms with Gasteiger partial charge in [0.15, 0.2) is 0 Å². The lowest BCUT2D eigenvalue weighted by molar-refractivity contribution is 0.100. The van der Waals surface area contributed by atoms with Crippen molar-refractivity contribution < 1.29 is 4.79 Å². The maximum absolute atomic E-state index is 12.3. The second-order valence-electron chi connectivity index (χ2n) is 6.73. The van der Waals surface area contributed by atoms with Gasteiger partial charge in [0, 0.05) is 29.1 Å². The van der Waals surface area contributed by atoms with Crippen molar-refractivity contribution >= 4 is 17.6 Å². The Morgan fingerprint density at radius 3 is 2.48 bits per heavy atom. The summed E-state index contributed by atoms with van der Waals surface area (Å²) in [5.41, 5.74) is 18.7. The molecular weight excluding hydrogens is 342 g/mol. The number of hydrogen-bond acceptors (Lipinski definition) is 6. The van der Waals surface area contributed by atoms with Gasteiger partial charge in [-0.3, -0.25) is 9.78 Å². The van der Waals surface area contributed by atoms with E-state index in [2.05, 4.69) is 31.8 Å². The van der Waals surface area contributed by atoms with Gasteiger partial charge in [0.2, 0.25) is 0 Å². The van der Waals surface area contributed by atoms with Crippen LogP contribution in [0.2, 0.25) is 0 Å². The minimum absolute atomic E-state index is 0.0288. The molecule has 0 fully saturated rings. The lowest BCUT2D eigenvalue weighted by Crippen LogP contribution is -2.21. The van der Waals surface area contributed by atoms with Gasteiger partial charge in [-0.25, -0.2) is 9.97 Å². The second kappa shape index (κ2) is 8.10. The van der Waals surface area contributed by atoms with E-state index in [-0.39, 0.29) is 16.8 Å². The zero-order chi connectivity index (χ0) is 20.0. The molecule has 0 atom stereocenters. The monoisotopic (exact) mass is 363 g/mol. The van der Waals surface area contributed by atoms with Crippen molar-refractivity contribution in [1.29, 1.82) is 0 Å². The Balaban J connectivity index is 2.21. The average molecular weight is 363 g/mol. The summed E-state index contributed by atoms with van der Waals surface area (Å²) < 4.78 is 0. The van der Waals surface area contributed by atoms with E-state index in [0.717, 1.165) is 0 Å². The van der Waals surface area contributed by atoms with Gasteiger partial charge in [-0.05, 0) is 18.1 Å². The highest BCUT2D eigenvalue weighted by molar-refractivity contribution is 6.06.